The molecule has 0 unspecified atom stereocenters. The van der Waals surface area contributed by atoms with E-state index in [2.05, 4.69) is 4.90 Å². The van der Waals surface area contributed by atoms with Crippen molar-refractivity contribution in [1.29, 1.82) is 0 Å². The number of thiophene rings is 1. The Hall–Kier alpha value is -0.910. The summed E-state index contributed by atoms with van der Waals surface area (Å²) in [7, 11) is 0. The van der Waals surface area contributed by atoms with E-state index in [-0.39, 0.29) is 0 Å². The van der Waals surface area contributed by atoms with E-state index >= 15 is 0 Å². The van der Waals surface area contributed by atoms with E-state index in [0.29, 0.717) is 5.56 Å². The van der Waals surface area contributed by atoms with Crippen LogP contribution in [0.5, 0.6) is 0 Å². The van der Waals surface area contributed by atoms with Crippen molar-refractivity contribution in [2.75, 3.05) is 26.3 Å². The van der Waals surface area contributed by atoms with Crippen LogP contribution in [0.3, 0.4) is 0 Å². The van der Waals surface area contributed by atoms with Gasteiger partial charge in [-0.3, -0.25) is 4.90 Å². The van der Waals surface area contributed by atoms with Gasteiger partial charge in [0.25, 0.3) is 0 Å². The lowest BCUT2D eigenvalue weighted by Crippen LogP contribution is -2.35. The Bertz CT molecular complexity index is 344. The minimum atomic E-state index is -0.848. The lowest BCUT2D eigenvalue weighted by atomic mass is 10.3. The predicted molar refractivity (Wildman–Crippen MR) is 57.4 cm³/mol. The molecule has 0 amide bonds. The zero-order chi connectivity index (χ0) is 10.7. The van der Waals surface area contributed by atoms with Crippen molar-refractivity contribution in [2.24, 2.45) is 0 Å². The van der Waals surface area contributed by atoms with Gasteiger partial charge in [-0.2, -0.15) is 0 Å². The summed E-state index contributed by atoms with van der Waals surface area (Å²) in [6, 6.07) is 1.75. The van der Waals surface area contributed by atoms with Gasteiger partial charge >= 0.3 is 5.97 Å². The first kappa shape index (κ1) is 10.6. The summed E-state index contributed by atoms with van der Waals surface area (Å²) in [5, 5.41) is 10.5. The fraction of sp³-hybridized carbons (Fsp3) is 0.500. The van der Waals surface area contributed by atoms with Gasteiger partial charge in [0.1, 0.15) is 0 Å². The number of aromatic carboxylic acids is 1. The quantitative estimate of drug-likeness (QED) is 0.845. The van der Waals surface area contributed by atoms with Crippen molar-refractivity contribution < 1.29 is 14.6 Å². The zero-order valence-electron chi connectivity index (χ0n) is 8.31. The number of rotatable bonds is 3. The summed E-state index contributed by atoms with van der Waals surface area (Å²) in [5.41, 5.74) is 0.392. The molecule has 0 radical (unpaired) electrons. The van der Waals surface area contributed by atoms with E-state index < -0.39 is 5.97 Å². The van der Waals surface area contributed by atoms with Gasteiger partial charge in [-0.25, -0.2) is 4.79 Å². The van der Waals surface area contributed by atoms with Crippen LogP contribution in [0.2, 0.25) is 0 Å². The van der Waals surface area contributed by atoms with Crippen LogP contribution in [0.1, 0.15) is 15.2 Å². The molecule has 4 nitrogen and oxygen atoms in total. The molecule has 1 aromatic heterocycles. The second-order valence-electron chi connectivity index (χ2n) is 3.50. The fourth-order valence-electron chi connectivity index (χ4n) is 1.56. The molecule has 1 aliphatic heterocycles. The third kappa shape index (κ3) is 2.77. The molecule has 0 atom stereocenters. The van der Waals surface area contributed by atoms with Gasteiger partial charge in [-0.1, -0.05) is 0 Å². The Kier molecular flexibility index (Phi) is 3.35. The van der Waals surface area contributed by atoms with Gasteiger partial charge in [0, 0.05) is 29.9 Å². The lowest BCUT2D eigenvalue weighted by Gasteiger charge is -2.25. The number of ether oxygens (including phenoxy) is 1. The normalized spacial score (nSPS) is 17.9. The molecule has 2 heterocycles. The summed E-state index contributed by atoms with van der Waals surface area (Å²) in [6.45, 7) is 4.25. The van der Waals surface area contributed by atoms with Gasteiger partial charge in [0.15, 0.2) is 0 Å². The third-order valence-electron chi connectivity index (χ3n) is 2.38. The molecule has 82 valence electrons. The van der Waals surface area contributed by atoms with Gasteiger partial charge in [-0.15, -0.1) is 11.3 Å². The minimum Gasteiger partial charge on any atom is -0.478 e. The van der Waals surface area contributed by atoms with Crippen LogP contribution in [0.4, 0.5) is 0 Å². The average Bonchev–Trinajstić information content (AvgIpc) is 2.68. The molecule has 15 heavy (non-hydrogen) atoms. The smallest absolute Gasteiger partial charge is 0.336 e. The number of hydrogen-bond donors (Lipinski definition) is 1. The molecule has 0 aromatic carbocycles. The largest absolute Gasteiger partial charge is 0.478 e. The molecule has 0 spiro atoms. The highest BCUT2D eigenvalue weighted by Gasteiger charge is 2.13. The van der Waals surface area contributed by atoms with Crippen LogP contribution in [0.25, 0.3) is 0 Å². The summed E-state index contributed by atoms with van der Waals surface area (Å²) < 4.78 is 5.25. The standard InChI is InChI=1S/C10H13NO3S/c12-10(13)8-5-9(15-7-8)6-11-1-3-14-4-2-11/h5,7H,1-4,6H2,(H,12,13). The number of morpholine rings is 1. The highest BCUT2D eigenvalue weighted by Crippen LogP contribution is 2.17. The predicted octanol–water partition coefficient (Wildman–Crippen LogP) is 1.28. The van der Waals surface area contributed by atoms with Crippen LogP contribution in [0.15, 0.2) is 11.4 Å². The molecule has 1 aliphatic rings. The van der Waals surface area contributed by atoms with E-state index in [4.69, 9.17) is 9.84 Å². The fourth-order valence-corrected chi connectivity index (χ4v) is 2.45. The molecule has 1 N–H and O–H groups in total. The number of carboxylic acids is 1. The maximum absolute atomic E-state index is 10.7. The molecular formula is C10H13NO3S. The number of nitrogens with zero attached hydrogens (tertiary/aromatic N) is 1. The Balaban J connectivity index is 1.94. The van der Waals surface area contributed by atoms with E-state index in [1.54, 1.807) is 11.4 Å². The topological polar surface area (TPSA) is 49.8 Å². The molecule has 1 fully saturated rings. The van der Waals surface area contributed by atoms with Crippen molar-refractivity contribution in [3.63, 3.8) is 0 Å². The Labute approximate surface area is 92.1 Å². The SMILES string of the molecule is O=C(O)c1csc(CN2CCOCC2)c1. The highest BCUT2D eigenvalue weighted by molar-refractivity contribution is 7.10. The maximum Gasteiger partial charge on any atom is 0.336 e. The summed E-state index contributed by atoms with van der Waals surface area (Å²) in [6.07, 6.45) is 0. The molecule has 2 rings (SSSR count). The van der Waals surface area contributed by atoms with Crippen LogP contribution in [-0.4, -0.2) is 42.3 Å². The first-order chi connectivity index (χ1) is 7.25. The van der Waals surface area contributed by atoms with Crippen LogP contribution < -0.4 is 0 Å². The van der Waals surface area contributed by atoms with Gasteiger partial charge in [0.05, 0.1) is 18.8 Å². The first-order valence-electron chi connectivity index (χ1n) is 4.86. The van der Waals surface area contributed by atoms with E-state index in [0.717, 1.165) is 37.7 Å². The number of carboxylic acid groups (broad SMARTS) is 1. The average molecular weight is 227 g/mol. The van der Waals surface area contributed by atoms with Crippen molar-refractivity contribution in [3.05, 3.63) is 21.9 Å². The highest BCUT2D eigenvalue weighted by atomic mass is 32.1. The molecule has 0 aliphatic carbocycles. The monoisotopic (exact) mass is 227 g/mol. The summed E-state index contributed by atoms with van der Waals surface area (Å²) in [5.74, 6) is -0.848. The molecule has 0 saturated carbocycles. The summed E-state index contributed by atoms with van der Waals surface area (Å²) in [4.78, 5) is 14.1. The third-order valence-corrected chi connectivity index (χ3v) is 3.31. The van der Waals surface area contributed by atoms with Crippen molar-refractivity contribution in [3.8, 4) is 0 Å². The Morgan fingerprint density at radius 1 is 1.53 bits per heavy atom. The van der Waals surface area contributed by atoms with E-state index in [9.17, 15) is 4.79 Å². The summed E-state index contributed by atoms with van der Waals surface area (Å²) >= 11 is 1.51. The van der Waals surface area contributed by atoms with Gasteiger partial charge in [-0.05, 0) is 6.07 Å². The minimum absolute atomic E-state index is 0.392. The van der Waals surface area contributed by atoms with Crippen molar-refractivity contribution >= 4 is 17.3 Å². The van der Waals surface area contributed by atoms with Gasteiger partial charge < -0.3 is 9.84 Å². The maximum atomic E-state index is 10.7. The molecule has 1 aromatic rings. The molecule has 5 heteroatoms. The number of carbonyl (C=O) groups is 1. The Morgan fingerprint density at radius 3 is 2.87 bits per heavy atom. The zero-order valence-corrected chi connectivity index (χ0v) is 9.13. The van der Waals surface area contributed by atoms with Crippen molar-refractivity contribution in [1.82, 2.24) is 4.90 Å². The number of hydrogen-bond acceptors (Lipinski definition) is 4. The van der Waals surface area contributed by atoms with E-state index in [1.807, 2.05) is 0 Å². The molecule has 1 saturated heterocycles. The molecule has 0 bridgehead atoms. The second-order valence-corrected chi connectivity index (χ2v) is 4.49. The van der Waals surface area contributed by atoms with Crippen molar-refractivity contribution in [2.45, 2.75) is 6.54 Å². The molecular weight excluding hydrogens is 214 g/mol. The van der Waals surface area contributed by atoms with Gasteiger partial charge in [0.2, 0.25) is 0 Å². The van der Waals surface area contributed by atoms with E-state index in [1.165, 1.54) is 11.3 Å². The van der Waals surface area contributed by atoms with Crippen LogP contribution >= 0.6 is 11.3 Å². The first-order valence-corrected chi connectivity index (χ1v) is 5.74. The van der Waals surface area contributed by atoms with Crippen LogP contribution in [-0.2, 0) is 11.3 Å². The lowest BCUT2D eigenvalue weighted by molar-refractivity contribution is 0.0346. The Morgan fingerprint density at radius 2 is 2.27 bits per heavy atom. The second kappa shape index (κ2) is 4.74. The van der Waals surface area contributed by atoms with Crippen LogP contribution in [0, 0.1) is 0 Å².